The number of ether oxygens (including phenoxy) is 1. The molecule has 0 bridgehead atoms. The number of hydrogen-bond donors (Lipinski definition) is 0. The van der Waals surface area contributed by atoms with Gasteiger partial charge in [-0.2, -0.15) is 0 Å². The Morgan fingerprint density at radius 1 is 1.35 bits per heavy atom. The molecule has 0 spiro atoms. The SMILES string of the molecule is COC(=O)c1cc(SC(=O)N(C)C)ccc1Cl. The molecule has 0 saturated carbocycles. The van der Waals surface area contributed by atoms with E-state index in [0.29, 0.717) is 9.92 Å². The Hall–Kier alpha value is -1.20. The summed E-state index contributed by atoms with van der Waals surface area (Å²) in [6, 6.07) is 4.79. The van der Waals surface area contributed by atoms with E-state index in [-0.39, 0.29) is 10.8 Å². The lowest BCUT2D eigenvalue weighted by Gasteiger charge is -2.10. The van der Waals surface area contributed by atoms with Gasteiger partial charge in [-0.3, -0.25) is 4.79 Å². The van der Waals surface area contributed by atoms with Gasteiger partial charge in [-0.1, -0.05) is 11.6 Å². The van der Waals surface area contributed by atoms with Gasteiger partial charge >= 0.3 is 5.97 Å². The van der Waals surface area contributed by atoms with E-state index in [4.69, 9.17) is 11.6 Å². The summed E-state index contributed by atoms with van der Waals surface area (Å²) in [6.07, 6.45) is 0. The molecule has 1 aromatic rings. The number of carbonyl (C=O) groups is 2. The quantitative estimate of drug-likeness (QED) is 0.614. The van der Waals surface area contributed by atoms with Crippen LogP contribution < -0.4 is 0 Å². The van der Waals surface area contributed by atoms with E-state index in [1.54, 1.807) is 32.3 Å². The number of thioether (sulfide) groups is 1. The summed E-state index contributed by atoms with van der Waals surface area (Å²) in [5, 5.41) is 0.182. The second kappa shape index (κ2) is 5.93. The number of amides is 1. The average Bonchev–Trinajstić information content (AvgIpc) is 2.30. The first-order valence-corrected chi connectivity index (χ1v) is 5.92. The minimum atomic E-state index is -0.519. The molecule has 0 saturated heterocycles. The Kier molecular flexibility index (Phi) is 4.84. The number of nitrogens with zero attached hydrogens (tertiary/aromatic N) is 1. The Bertz CT molecular complexity index is 448. The maximum atomic E-state index is 11.5. The van der Waals surface area contributed by atoms with Gasteiger partial charge in [0.2, 0.25) is 0 Å². The second-order valence-corrected chi connectivity index (χ2v) is 4.83. The molecule has 1 amide bonds. The predicted molar refractivity (Wildman–Crippen MR) is 67.7 cm³/mol. The monoisotopic (exact) mass is 273 g/mol. The summed E-state index contributed by atoms with van der Waals surface area (Å²) in [4.78, 5) is 25.0. The van der Waals surface area contributed by atoms with Crippen LogP contribution in [0, 0.1) is 0 Å². The highest BCUT2D eigenvalue weighted by molar-refractivity contribution is 8.13. The van der Waals surface area contributed by atoms with Crippen LogP contribution in [0.1, 0.15) is 10.4 Å². The summed E-state index contributed by atoms with van der Waals surface area (Å²) in [7, 11) is 4.60. The maximum Gasteiger partial charge on any atom is 0.339 e. The summed E-state index contributed by atoms with van der Waals surface area (Å²) in [6.45, 7) is 0. The zero-order chi connectivity index (χ0) is 13.0. The van der Waals surface area contributed by atoms with Gasteiger partial charge in [-0.05, 0) is 30.0 Å². The summed E-state index contributed by atoms with van der Waals surface area (Å²) >= 11 is 6.89. The Balaban J connectivity index is 2.97. The Morgan fingerprint density at radius 2 is 2.00 bits per heavy atom. The number of methoxy groups -OCH3 is 1. The van der Waals surface area contributed by atoms with E-state index in [1.807, 2.05) is 0 Å². The first-order valence-electron chi connectivity index (χ1n) is 4.72. The largest absolute Gasteiger partial charge is 0.465 e. The van der Waals surface area contributed by atoms with Crippen molar-refractivity contribution in [3.63, 3.8) is 0 Å². The molecule has 0 aromatic heterocycles. The molecule has 0 unspecified atom stereocenters. The molecule has 0 heterocycles. The van der Waals surface area contributed by atoms with Gasteiger partial charge in [-0.25, -0.2) is 4.79 Å². The van der Waals surface area contributed by atoms with E-state index < -0.39 is 5.97 Å². The van der Waals surface area contributed by atoms with Crippen molar-refractivity contribution in [3.05, 3.63) is 28.8 Å². The van der Waals surface area contributed by atoms with Crippen LogP contribution in [0.3, 0.4) is 0 Å². The summed E-state index contributed by atoms with van der Waals surface area (Å²) in [5.74, 6) is -0.519. The van der Waals surface area contributed by atoms with Crippen LogP contribution in [0.4, 0.5) is 4.79 Å². The van der Waals surface area contributed by atoms with E-state index in [2.05, 4.69) is 4.74 Å². The van der Waals surface area contributed by atoms with Crippen LogP contribution in [0.5, 0.6) is 0 Å². The lowest BCUT2D eigenvalue weighted by atomic mass is 10.2. The first kappa shape index (κ1) is 13.9. The van der Waals surface area contributed by atoms with E-state index in [1.165, 1.54) is 12.0 Å². The maximum absolute atomic E-state index is 11.5. The number of benzene rings is 1. The van der Waals surface area contributed by atoms with Crippen LogP contribution in [0.15, 0.2) is 23.1 Å². The van der Waals surface area contributed by atoms with Crippen molar-refractivity contribution in [2.75, 3.05) is 21.2 Å². The molecule has 0 radical (unpaired) electrons. The van der Waals surface area contributed by atoms with Crippen molar-refractivity contribution in [1.82, 2.24) is 4.90 Å². The Morgan fingerprint density at radius 3 is 2.53 bits per heavy atom. The highest BCUT2D eigenvalue weighted by atomic mass is 35.5. The lowest BCUT2D eigenvalue weighted by Crippen LogP contribution is -2.16. The first-order chi connectivity index (χ1) is 7.95. The molecule has 0 aliphatic carbocycles. The van der Waals surface area contributed by atoms with Crippen molar-refractivity contribution >= 4 is 34.6 Å². The molecule has 0 fully saturated rings. The zero-order valence-electron chi connectivity index (χ0n) is 9.69. The van der Waals surface area contributed by atoms with Gasteiger partial charge in [0.05, 0.1) is 17.7 Å². The molecular weight excluding hydrogens is 262 g/mol. The van der Waals surface area contributed by atoms with Crippen LogP contribution in [-0.2, 0) is 4.74 Å². The molecule has 92 valence electrons. The van der Waals surface area contributed by atoms with Gasteiger partial charge in [0.15, 0.2) is 0 Å². The summed E-state index contributed by atoms with van der Waals surface area (Å²) < 4.78 is 4.60. The van der Waals surface area contributed by atoms with Gasteiger partial charge in [0, 0.05) is 19.0 Å². The normalized spacial score (nSPS) is 9.88. The lowest BCUT2D eigenvalue weighted by molar-refractivity contribution is 0.0600. The second-order valence-electron chi connectivity index (χ2n) is 3.40. The third-order valence-electron chi connectivity index (χ3n) is 1.91. The van der Waals surface area contributed by atoms with E-state index >= 15 is 0 Å². The van der Waals surface area contributed by atoms with Gasteiger partial charge in [0.1, 0.15) is 0 Å². The number of rotatable bonds is 2. The minimum absolute atomic E-state index is 0.122. The summed E-state index contributed by atoms with van der Waals surface area (Å²) in [5.41, 5.74) is 0.255. The van der Waals surface area contributed by atoms with Gasteiger partial charge < -0.3 is 9.64 Å². The van der Waals surface area contributed by atoms with Gasteiger partial charge in [0.25, 0.3) is 5.24 Å². The molecule has 0 aliphatic rings. The highest BCUT2D eigenvalue weighted by Crippen LogP contribution is 2.26. The number of halogens is 1. The standard InChI is InChI=1S/C11H12ClNO3S/c1-13(2)11(15)17-7-4-5-9(12)8(6-7)10(14)16-3/h4-6H,1-3H3. The van der Waals surface area contributed by atoms with Gasteiger partial charge in [-0.15, -0.1) is 0 Å². The number of esters is 1. The molecule has 0 aliphatic heterocycles. The van der Waals surface area contributed by atoms with Crippen LogP contribution in [0.25, 0.3) is 0 Å². The van der Waals surface area contributed by atoms with Crippen LogP contribution in [-0.4, -0.2) is 37.3 Å². The fourth-order valence-electron chi connectivity index (χ4n) is 1.03. The van der Waals surface area contributed by atoms with E-state index in [9.17, 15) is 9.59 Å². The molecule has 1 rings (SSSR count). The topological polar surface area (TPSA) is 46.6 Å². The fourth-order valence-corrected chi connectivity index (χ4v) is 1.92. The molecule has 0 N–H and O–H groups in total. The molecule has 1 aromatic carbocycles. The number of hydrogen-bond acceptors (Lipinski definition) is 4. The highest BCUT2D eigenvalue weighted by Gasteiger charge is 2.13. The van der Waals surface area contributed by atoms with Crippen LogP contribution >= 0.6 is 23.4 Å². The Labute approximate surface area is 109 Å². The van der Waals surface area contributed by atoms with Crippen LogP contribution in [0.2, 0.25) is 5.02 Å². The fraction of sp³-hybridized carbons (Fsp3) is 0.273. The van der Waals surface area contributed by atoms with Crippen molar-refractivity contribution in [2.45, 2.75) is 4.90 Å². The zero-order valence-corrected chi connectivity index (χ0v) is 11.3. The molecular formula is C11H12ClNO3S. The average molecular weight is 274 g/mol. The third kappa shape index (κ3) is 3.64. The third-order valence-corrected chi connectivity index (χ3v) is 3.27. The van der Waals surface area contributed by atoms with Crippen molar-refractivity contribution in [1.29, 1.82) is 0 Å². The molecule has 0 atom stereocenters. The molecule has 6 heteroatoms. The van der Waals surface area contributed by atoms with Crippen molar-refractivity contribution < 1.29 is 14.3 Å². The molecule has 17 heavy (non-hydrogen) atoms. The predicted octanol–water partition coefficient (Wildman–Crippen LogP) is 2.90. The smallest absolute Gasteiger partial charge is 0.339 e. The minimum Gasteiger partial charge on any atom is -0.465 e. The van der Waals surface area contributed by atoms with E-state index in [0.717, 1.165) is 11.8 Å². The number of carbonyl (C=O) groups excluding carboxylic acids is 2. The van der Waals surface area contributed by atoms with Crippen molar-refractivity contribution in [2.24, 2.45) is 0 Å². The molecule has 4 nitrogen and oxygen atoms in total. The van der Waals surface area contributed by atoms with Crippen molar-refractivity contribution in [3.8, 4) is 0 Å².